The van der Waals surface area contributed by atoms with Gasteiger partial charge in [0.1, 0.15) is 11.3 Å². The molecule has 128 valence electrons. The first kappa shape index (κ1) is 15.7. The van der Waals surface area contributed by atoms with Crippen molar-refractivity contribution in [3.8, 4) is 0 Å². The summed E-state index contributed by atoms with van der Waals surface area (Å²) >= 11 is 0. The molecular formula is C19H19N3O3. The van der Waals surface area contributed by atoms with Crippen LogP contribution in [0.1, 0.15) is 16.1 Å². The minimum Gasteiger partial charge on any atom is -0.477 e. The lowest BCUT2D eigenvalue weighted by Crippen LogP contribution is -2.45. The SMILES string of the molecule is O=C(O)c1ccc(CN2CCN(c3ccc4occc4c3)CC2)cn1. The molecule has 3 aromatic rings. The van der Waals surface area contributed by atoms with Crippen LogP contribution in [0.15, 0.2) is 53.3 Å². The lowest BCUT2D eigenvalue weighted by molar-refractivity contribution is 0.0690. The van der Waals surface area contributed by atoms with Crippen molar-refractivity contribution in [2.45, 2.75) is 6.54 Å². The zero-order valence-electron chi connectivity index (χ0n) is 13.8. The molecule has 0 spiro atoms. The van der Waals surface area contributed by atoms with E-state index in [1.54, 1.807) is 18.5 Å². The number of hydrogen-bond donors (Lipinski definition) is 1. The Balaban J connectivity index is 1.36. The van der Waals surface area contributed by atoms with Gasteiger partial charge in [-0.25, -0.2) is 9.78 Å². The highest BCUT2D eigenvalue weighted by Crippen LogP contribution is 2.24. The van der Waals surface area contributed by atoms with Gasteiger partial charge in [-0.1, -0.05) is 6.07 Å². The number of anilines is 1. The summed E-state index contributed by atoms with van der Waals surface area (Å²) in [5, 5.41) is 10.0. The number of aromatic nitrogens is 1. The summed E-state index contributed by atoms with van der Waals surface area (Å²) in [4.78, 5) is 19.6. The van der Waals surface area contributed by atoms with Gasteiger partial charge in [0.15, 0.2) is 0 Å². The van der Waals surface area contributed by atoms with Gasteiger partial charge in [0.25, 0.3) is 0 Å². The van der Waals surface area contributed by atoms with E-state index in [1.165, 1.54) is 5.69 Å². The van der Waals surface area contributed by atoms with E-state index in [-0.39, 0.29) is 5.69 Å². The largest absolute Gasteiger partial charge is 0.477 e. The van der Waals surface area contributed by atoms with Gasteiger partial charge in [0.2, 0.25) is 0 Å². The summed E-state index contributed by atoms with van der Waals surface area (Å²) in [5.74, 6) is -0.991. The lowest BCUT2D eigenvalue weighted by atomic mass is 10.2. The maximum Gasteiger partial charge on any atom is 0.354 e. The quantitative estimate of drug-likeness (QED) is 0.789. The van der Waals surface area contributed by atoms with Crippen molar-refractivity contribution in [2.24, 2.45) is 0 Å². The van der Waals surface area contributed by atoms with E-state index in [2.05, 4.69) is 26.9 Å². The zero-order chi connectivity index (χ0) is 17.2. The molecule has 0 aliphatic carbocycles. The molecule has 0 atom stereocenters. The second-order valence-electron chi connectivity index (χ2n) is 6.26. The predicted octanol–water partition coefficient (Wildman–Crippen LogP) is 2.85. The molecule has 0 radical (unpaired) electrons. The number of aromatic carboxylic acids is 1. The fourth-order valence-corrected chi connectivity index (χ4v) is 3.22. The van der Waals surface area contributed by atoms with E-state index in [0.29, 0.717) is 0 Å². The number of furan rings is 1. The fourth-order valence-electron chi connectivity index (χ4n) is 3.22. The summed E-state index contributed by atoms with van der Waals surface area (Å²) in [5.41, 5.74) is 3.27. The molecular weight excluding hydrogens is 318 g/mol. The standard InChI is InChI=1S/C19H19N3O3/c23-19(24)17-3-1-14(12-20-17)13-21-6-8-22(9-7-21)16-2-4-18-15(11-16)5-10-25-18/h1-5,10-12H,6-9,13H2,(H,23,24). The van der Waals surface area contributed by atoms with Gasteiger partial charge < -0.3 is 14.4 Å². The highest BCUT2D eigenvalue weighted by Gasteiger charge is 2.18. The molecule has 6 heteroatoms. The van der Waals surface area contributed by atoms with Gasteiger partial charge in [-0.2, -0.15) is 0 Å². The zero-order valence-corrected chi connectivity index (χ0v) is 13.8. The third-order valence-corrected chi connectivity index (χ3v) is 4.62. The van der Waals surface area contributed by atoms with Gasteiger partial charge in [-0.3, -0.25) is 4.90 Å². The third kappa shape index (κ3) is 3.34. The molecule has 4 rings (SSSR count). The second-order valence-corrected chi connectivity index (χ2v) is 6.26. The Bertz CT molecular complexity index is 880. The van der Waals surface area contributed by atoms with Crippen LogP contribution >= 0.6 is 0 Å². The number of rotatable bonds is 4. The number of pyridine rings is 1. The molecule has 1 aromatic carbocycles. The van der Waals surface area contributed by atoms with Crippen LogP contribution in [0.25, 0.3) is 11.0 Å². The number of carboxylic acids is 1. The molecule has 25 heavy (non-hydrogen) atoms. The van der Waals surface area contributed by atoms with E-state index in [1.807, 2.05) is 18.2 Å². The maximum atomic E-state index is 10.9. The Morgan fingerprint density at radius 3 is 2.68 bits per heavy atom. The third-order valence-electron chi connectivity index (χ3n) is 4.62. The highest BCUT2D eigenvalue weighted by atomic mass is 16.4. The van der Waals surface area contributed by atoms with Crippen molar-refractivity contribution in [2.75, 3.05) is 31.1 Å². The van der Waals surface area contributed by atoms with Gasteiger partial charge in [-0.05, 0) is 35.9 Å². The van der Waals surface area contributed by atoms with E-state index < -0.39 is 5.97 Å². The smallest absolute Gasteiger partial charge is 0.354 e. The molecule has 1 N–H and O–H groups in total. The highest BCUT2D eigenvalue weighted by molar-refractivity contribution is 5.85. The van der Waals surface area contributed by atoms with Crippen LogP contribution in [0.4, 0.5) is 5.69 Å². The van der Waals surface area contributed by atoms with Crippen LogP contribution in [-0.4, -0.2) is 47.1 Å². The van der Waals surface area contributed by atoms with Crippen molar-refractivity contribution < 1.29 is 14.3 Å². The Hall–Kier alpha value is -2.86. The van der Waals surface area contributed by atoms with Crippen molar-refractivity contribution in [1.82, 2.24) is 9.88 Å². The Morgan fingerprint density at radius 2 is 1.96 bits per heavy atom. The van der Waals surface area contributed by atoms with Crippen molar-refractivity contribution in [1.29, 1.82) is 0 Å². The molecule has 0 amide bonds. The first-order valence-electron chi connectivity index (χ1n) is 8.32. The molecule has 1 saturated heterocycles. The summed E-state index contributed by atoms with van der Waals surface area (Å²) in [7, 11) is 0. The Labute approximate surface area is 145 Å². The fraction of sp³-hybridized carbons (Fsp3) is 0.263. The lowest BCUT2D eigenvalue weighted by Gasteiger charge is -2.36. The number of nitrogens with zero attached hydrogens (tertiary/aromatic N) is 3. The summed E-state index contributed by atoms with van der Waals surface area (Å²) in [6, 6.07) is 11.7. The number of piperazine rings is 1. The van der Waals surface area contributed by atoms with E-state index in [9.17, 15) is 4.79 Å². The minimum absolute atomic E-state index is 0.0863. The van der Waals surface area contributed by atoms with Crippen molar-refractivity contribution >= 4 is 22.6 Å². The van der Waals surface area contributed by atoms with Crippen molar-refractivity contribution in [3.05, 3.63) is 60.1 Å². The molecule has 2 aromatic heterocycles. The molecule has 0 unspecified atom stereocenters. The molecule has 0 bridgehead atoms. The predicted molar refractivity (Wildman–Crippen MR) is 94.9 cm³/mol. The Kier molecular flexibility index (Phi) is 4.11. The summed E-state index contributed by atoms with van der Waals surface area (Å²) in [6.07, 6.45) is 3.37. The van der Waals surface area contributed by atoms with Crippen molar-refractivity contribution in [3.63, 3.8) is 0 Å². The number of carboxylic acid groups (broad SMARTS) is 1. The molecule has 1 fully saturated rings. The molecule has 3 heterocycles. The van der Waals surface area contributed by atoms with E-state index in [0.717, 1.165) is 49.3 Å². The summed E-state index contributed by atoms with van der Waals surface area (Å²) < 4.78 is 5.40. The molecule has 1 aliphatic rings. The summed E-state index contributed by atoms with van der Waals surface area (Å²) in [6.45, 7) is 4.64. The number of carbonyl (C=O) groups is 1. The van der Waals surface area contributed by atoms with Crippen LogP contribution in [0.5, 0.6) is 0 Å². The second kappa shape index (κ2) is 6.57. The molecule has 6 nitrogen and oxygen atoms in total. The first-order chi connectivity index (χ1) is 12.2. The number of fused-ring (bicyclic) bond motifs is 1. The van der Waals surface area contributed by atoms with Crippen LogP contribution in [0, 0.1) is 0 Å². The van der Waals surface area contributed by atoms with Gasteiger partial charge in [-0.15, -0.1) is 0 Å². The van der Waals surface area contributed by atoms with Gasteiger partial charge >= 0.3 is 5.97 Å². The molecule has 1 aliphatic heterocycles. The maximum absolute atomic E-state index is 10.9. The first-order valence-corrected chi connectivity index (χ1v) is 8.32. The topological polar surface area (TPSA) is 69.8 Å². The minimum atomic E-state index is -0.991. The van der Waals surface area contributed by atoms with E-state index in [4.69, 9.17) is 9.52 Å². The molecule has 0 saturated carbocycles. The monoisotopic (exact) mass is 337 g/mol. The van der Waals surface area contributed by atoms with Gasteiger partial charge in [0, 0.05) is 50.0 Å². The average molecular weight is 337 g/mol. The van der Waals surface area contributed by atoms with Gasteiger partial charge in [0.05, 0.1) is 6.26 Å². The number of benzene rings is 1. The number of hydrogen-bond acceptors (Lipinski definition) is 5. The van der Waals surface area contributed by atoms with E-state index >= 15 is 0 Å². The van der Waals surface area contributed by atoms with Crippen LogP contribution in [-0.2, 0) is 6.54 Å². The van der Waals surface area contributed by atoms with Crippen LogP contribution in [0.2, 0.25) is 0 Å². The van der Waals surface area contributed by atoms with Crippen LogP contribution in [0.3, 0.4) is 0 Å². The van der Waals surface area contributed by atoms with Crippen LogP contribution < -0.4 is 4.90 Å². The average Bonchev–Trinajstić information content (AvgIpc) is 3.10. The Morgan fingerprint density at radius 1 is 1.12 bits per heavy atom. The normalized spacial score (nSPS) is 15.6.